The van der Waals surface area contributed by atoms with Crippen molar-refractivity contribution in [1.29, 1.82) is 0 Å². The lowest BCUT2D eigenvalue weighted by atomic mass is 9.82. The second-order valence-electron chi connectivity index (χ2n) is 9.49. The minimum atomic E-state index is -3.99. The first-order valence-electron chi connectivity index (χ1n) is 12.1. The van der Waals surface area contributed by atoms with Crippen molar-refractivity contribution in [3.05, 3.63) is 52.5 Å². The van der Waals surface area contributed by atoms with Gasteiger partial charge in [-0.05, 0) is 48.6 Å². The van der Waals surface area contributed by atoms with Gasteiger partial charge in [-0.15, -0.1) is 11.3 Å². The molecule has 0 radical (unpaired) electrons. The molecule has 1 saturated heterocycles. The van der Waals surface area contributed by atoms with Crippen molar-refractivity contribution in [3.8, 4) is 10.4 Å². The maximum absolute atomic E-state index is 13.7. The third-order valence-electron chi connectivity index (χ3n) is 7.08. The molecule has 1 saturated carbocycles. The number of rotatable bonds is 6. The standard InChI is InChI=1S/C25H27ClN4O5S2/c1-28-12-11-22(27-28)37(34,35)29-14-20(16-5-3-2-4-6-16)30(23(31)15-29)19-13-21(36-24(19)25(32)33)17-7-9-18(26)10-8-17/h7-13,16,20H,2-6,14-15H2,1H3,(H,32,33)/t20-/m0/s1. The molecule has 196 valence electrons. The quantitative estimate of drug-likeness (QED) is 0.474. The van der Waals surface area contributed by atoms with Crippen LogP contribution in [0, 0.1) is 5.92 Å². The first kappa shape index (κ1) is 25.9. The number of anilines is 1. The van der Waals surface area contributed by atoms with E-state index in [-0.39, 0.29) is 28.9 Å². The summed E-state index contributed by atoms with van der Waals surface area (Å²) in [5.41, 5.74) is 1.11. The molecule has 3 aromatic rings. The Bertz CT molecular complexity index is 1430. The smallest absolute Gasteiger partial charge is 0.348 e. The summed E-state index contributed by atoms with van der Waals surface area (Å²) in [5, 5.41) is 14.6. The number of thiophene rings is 1. The second-order valence-corrected chi connectivity index (χ2v) is 12.9. The summed E-state index contributed by atoms with van der Waals surface area (Å²) < 4.78 is 29.4. The van der Waals surface area contributed by atoms with Crippen molar-refractivity contribution in [2.24, 2.45) is 13.0 Å². The summed E-state index contributed by atoms with van der Waals surface area (Å²) in [6.07, 6.45) is 6.31. The predicted molar refractivity (Wildman–Crippen MR) is 142 cm³/mol. The average Bonchev–Trinajstić information content (AvgIpc) is 3.52. The van der Waals surface area contributed by atoms with Crippen molar-refractivity contribution in [1.82, 2.24) is 14.1 Å². The lowest BCUT2D eigenvalue weighted by Crippen LogP contribution is -2.60. The number of sulfonamides is 1. The Hall–Kier alpha value is -2.73. The van der Waals surface area contributed by atoms with E-state index >= 15 is 0 Å². The van der Waals surface area contributed by atoms with Crippen molar-refractivity contribution in [3.63, 3.8) is 0 Å². The maximum Gasteiger partial charge on any atom is 0.348 e. The van der Waals surface area contributed by atoms with Crippen molar-refractivity contribution >= 4 is 50.5 Å². The van der Waals surface area contributed by atoms with Crippen molar-refractivity contribution < 1.29 is 23.1 Å². The topological polar surface area (TPSA) is 113 Å². The monoisotopic (exact) mass is 562 g/mol. The second kappa shape index (κ2) is 10.2. The Morgan fingerprint density at radius 1 is 1.14 bits per heavy atom. The number of hydrogen-bond acceptors (Lipinski definition) is 6. The average molecular weight is 563 g/mol. The fourth-order valence-electron chi connectivity index (χ4n) is 5.28. The molecule has 1 atom stereocenters. The third-order valence-corrected chi connectivity index (χ3v) is 10.2. The Kier molecular flexibility index (Phi) is 7.14. The van der Waals surface area contributed by atoms with E-state index < -0.39 is 27.9 Å². The van der Waals surface area contributed by atoms with Crippen LogP contribution in [0.25, 0.3) is 10.4 Å². The van der Waals surface area contributed by atoms with Crippen LogP contribution < -0.4 is 4.90 Å². The largest absolute Gasteiger partial charge is 0.477 e. The van der Waals surface area contributed by atoms with Gasteiger partial charge in [0.1, 0.15) is 4.88 Å². The molecule has 2 aromatic heterocycles. The number of benzene rings is 1. The summed E-state index contributed by atoms with van der Waals surface area (Å²) in [6.45, 7) is -0.298. The van der Waals surface area contributed by atoms with Crippen LogP contribution in [0.15, 0.2) is 47.6 Å². The first-order chi connectivity index (χ1) is 17.6. The summed E-state index contributed by atoms with van der Waals surface area (Å²) >= 11 is 7.12. The highest BCUT2D eigenvalue weighted by Gasteiger charge is 2.44. The molecule has 0 bridgehead atoms. The van der Waals surface area contributed by atoms with Crippen LogP contribution >= 0.6 is 22.9 Å². The van der Waals surface area contributed by atoms with Gasteiger partial charge in [0.05, 0.1) is 18.3 Å². The molecule has 5 rings (SSSR count). The molecule has 12 heteroatoms. The van der Waals surface area contributed by atoms with Crippen LogP contribution in [-0.2, 0) is 21.9 Å². The SMILES string of the molecule is Cn1ccc(S(=O)(=O)N2CC(=O)N(c3cc(-c4ccc(Cl)cc4)sc3C(=O)O)[C@H](C3CCCCC3)C2)n1. The van der Waals surface area contributed by atoms with E-state index in [2.05, 4.69) is 5.10 Å². The molecular formula is C25H27ClN4O5S2. The number of carbonyl (C=O) groups excluding carboxylic acids is 1. The van der Waals surface area contributed by atoms with E-state index in [9.17, 15) is 23.1 Å². The van der Waals surface area contributed by atoms with Gasteiger partial charge in [0.25, 0.3) is 10.0 Å². The van der Waals surface area contributed by atoms with Gasteiger partial charge in [-0.2, -0.15) is 9.40 Å². The normalized spacial score (nSPS) is 19.9. The minimum absolute atomic E-state index is 0.0555. The molecule has 1 aromatic carbocycles. The number of aromatic nitrogens is 2. The molecular weight excluding hydrogens is 536 g/mol. The van der Waals surface area contributed by atoms with Crippen LogP contribution in [-0.4, -0.2) is 58.6 Å². The molecule has 1 amide bonds. The van der Waals surface area contributed by atoms with Gasteiger partial charge in [-0.25, -0.2) is 13.2 Å². The fourth-order valence-corrected chi connectivity index (χ4v) is 7.75. The number of nitrogens with zero attached hydrogens (tertiary/aromatic N) is 4. The Morgan fingerprint density at radius 2 is 1.84 bits per heavy atom. The molecule has 1 aliphatic carbocycles. The molecule has 1 N–H and O–H groups in total. The Labute approximate surface area is 224 Å². The first-order valence-corrected chi connectivity index (χ1v) is 14.7. The van der Waals surface area contributed by atoms with Gasteiger partial charge >= 0.3 is 5.97 Å². The molecule has 37 heavy (non-hydrogen) atoms. The van der Waals surface area contributed by atoms with Crippen molar-refractivity contribution in [2.75, 3.05) is 18.0 Å². The lowest BCUT2D eigenvalue weighted by molar-refractivity contribution is -0.121. The van der Waals surface area contributed by atoms with E-state index in [1.165, 1.54) is 15.1 Å². The number of piperazine rings is 1. The summed E-state index contributed by atoms with van der Waals surface area (Å²) in [5.74, 6) is -1.51. The molecule has 2 fully saturated rings. The van der Waals surface area contributed by atoms with Crippen LogP contribution in [0.4, 0.5) is 5.69 Å². The van der Waals surface area contributed by atoms with Gasteiger partial charge in [0.15, 0.2) is 5.03 Å². The zero-order chi connectivity index (χ0) is 26.3. The van der Waals surface area contributed by atoms with Crippen molar-refractivity contribution in [2.45, 2.75) is 43.2 Å². The van der Waals surface area contributed by atoms with E-state index in [0.29, 0.717) is 15.6 Å². The van der Waals surface area contributed by atoms with Crippen LogP contribution in [0.1, 0.15) is 41.8 Å². The van der Waals surface area contributed by atoms with Crippen LogP contribution in [0.5, 0.6) is 0 Å². The summed E-state index contributed by atoms with van der Waals surface area (Å²) in [4.78, 5) is 28.3. The van der Waals surface area contributed by atoms with Gasteiger partial charge in [0.2, 0.25) is 5.91 Å². The van der Waals surface area contributed by atoms with Gasteiger partial charge in [-0.3, -0.25) is 9.48 Å². The summed E-state index contributed by atoms with van der Waals surface area (Å²) in [6, 6.07) is 9.74. The molecule has 9 nitrogen and oxygen atoms in total. The predicted octanol–water partition coefficient (Wildman–Crippen LogP) is 4.49. The number of hydrogen-bond donors (Lipinski definition) is 1. The molecule has 0 unspecified atom stereocenters. The maximum atomic E-state index is 13.7. The fraction of sp³-hybridized carbons (Fsp3) is 0.400. The zero-order valence-corrected chi connectivity index (χ0v) is 22.6. The highest BCUT2D eigenvalue weighted by molar-refractivity contribution is 7.89. The number of aromatic carboxylic acids is 1. The molecule has 1 aliphatic heterocycles. The highest BCUT2D eigenvalue weighted by Crippen LogP contribution is 2.42. The minimum Gasteiger partial charge on any atom is -0.477 e. The van der Waals surface area contributed by atoms with Gasteiger partial charge < -0.3 is 10.0 Å². The summed E-state index contributed by atoms with van der Waals surface area (Å²) in [7, 11) is -2.36. The van der Waals surface area contributed by atoms with Crippen LogP contribution in [0.2, 0.25) is 5.02 Å². The van der Waals surface area contributed by atoms with Crippen LogP contribution in [0.3, 0.4) is 0 Å². The van der Waals surface area contributed by atoms with Gasteiger partial charge in [0, 0.05) is 29.7 Å². The van der Waals surface area contributed by atoms with E-state index in [0.717, 1.165) is 49.0 Å². The van der Waals surface area contributed by atoms with E-state index in [1.807, 2.05) is 0 Å². The van der Waals surface area contributed by atoms with E-state index in [1.54, 1.807) is 48.5 Å². The Balaban J connectivity index is 1.56. The van der Waals surface area contributed by atoms with Gasteiger partial charge in [-0.1, -0.05) is 43.0 Å². The number of carboxylic acids is 1. The molecule has 2 aliphatic rings. The lowest BCUT2D eigenvalue weighted by Gasteiger charge is -2.44. The molecule has 3 heterocycles. The number of halogens is 1. The molecule has 0 spiro atoms. The highest BCUT2D eigenvalue weighted by atomic mass is 35.5. The third kappa shape index (κ3) is 5.05. The van der Waals surface area contributed by atoms with E-state index in [4.69, 9.17) is 11.6 Å². The Morgan fingerprint density at radius 3 is 2.46 bits per heavy atom. The zero-order valence-electron chi connectivity index (χ0n) is 20.2. The number of amides is 1. The number of carboxylic acid groups (broad SMARTS) is 1. The number of carbonyl (C=O) groups is 2. The number of aryl methyl sites for hydroxylation is 1.